The third-order valence-corrected chi connectivity index (χ3v) is 5.67. The average Bonchev–Trinajstić information content (AvgIpc) is 3.30. The Morgan fingerprint density at radius 1 is 1.04 bits per heavy atom. The fourth-order valence-electron chi connectivity index (χ4n) is 3.20. The first-order valence-electron chi connectivity index (χ1n) is 8.87. The lowest BCUT2D eigenvalue weighted by atomic mass is 10.2. The first-order valence-corrected chi connectivity index (χ1v) is 9.75. The third-order valence-electron chi connectivity index (χ3n) is 4.63. The molecule has 4 heterocycles. The zero-order valence-corrected chi connectivity index (χ0v) is 15.5. The van der Waals surface area contributed by atoms with Gasteiger partial charge < -0.3 is 4.90 Å². The van der Waals surface area contributed by atoms with Crippen LogP contribution in [-0.2, 0) is 19.4 Å². The zero-order chi connectivity index (χ0) is 17.2. The molecule has 0 spiro atoms. The molecular weight excluding hydrogens is 334 g/mol. The van der Waals surface area contributed by atoms with E-state index in [4.69, 9.17) is 0 Å². The summed E-state index contributed by atoms with van der Waals surface area (Å²) in [6, 6.07) is 2.14. The molecule has 3 aromatic heterocycles. The molecule has 0 bridgehead atoms. The van der Waals surface area contributed by atoms with Gasteiger partial charge in [0.25, 0.3) is 5.78 Å². The number of hydrogen-bond acceptors (Lipinski definition) is 7. The van der Waals surface area contributed by atoms with Gasteiger partial charge in [-0.3, -0.25) is 4.90 Å². The Hall–Kier alpha value is -2.06. The molecule has 8 heteroatoms. The van der Waals surface area contributed by atoms with Gasteiger partial charge in [-0.25, -0.2) is 9.97 Å². The lowest BCUT2D eigenvalue weighted by Crippen LogP contribution is -2.46. The summed E-state index contributed by atoms with van der Waals surface area (Å²) in [4.78, 5) is 18.3. The van der Waals surface area contributed by atoms with Gasteiger partial charge in [0.1, 0.15) is 12.1 Å². The lowest BCUT2D eigenvalue weighted by molar-refractivity contribution is 0.246. The molecule has 0 atom stereocenters. The molecule has 1 aliphatic heterocycles. The predicted molar refractivity (Wildman–Crippen MR) is 99.1 cm³/mol. The van der Waals surface area contributed by atoms with Crippen molar-refractivity contribution < 1.29 is 0 Å². The summed E-state index contributed by atoms with van der Waals surface area (Å²) in [5.74, 6) is 1.78. The van der Waals surface area contributed by atoms with E-state index in [0.29, 0.717) is 5.78 Å². The van der Waals surface area contributed by atoms with Crippen molar-refractivity contribution in [3.05, 3.63) is 34.2 Å². The number of fused-ring (bicyclic) bond motifs is 1. The molecule has 25 heavy (non-hydrogen) atoms. The molecule has 3 aromatic rings. The van der Waals surface area contributed by atoms with Crippen molar-refractivity contribution in [3.8, 4) is 0 Å². The second-order valence-corrected chi connectivity index (χ2v) is 7.22. The minimum absolute atomic E-state index is 0.686. The lowest BCUT2D eigenvalue weighted by Gasteiger charge is -2.35. The maximum atomic E-state index is 4.69. The molecule has 0 saturated carbocycles. The Kier molecular flexibility index (Phi) is 4.63. The van der Waals surface area contributed by atoms with E-state index < -0.39 is 0 Å². The fourth-order valence-corrected chi connectivity index (χ4v) is 3.93. The Balaban J connectivity index is 1.46. The van der Waals surface area contributed by atoms with E-state index in [0.717, 1.165) is 57.1 Å². The van der Waals surface area contributed by atoms with Gasteiger partial charge in [-0.05, 0) is 12.8 Å². The molecule has 1 fully saturated rings. The molecule has 1 aliphatic rings. The molecular formula is C17H23N7S. The van der Waals surface area contributed by atoms with Crippen LogP contribution in [0.4, 0.5) is 5.82 Å². The zero-order valence-electron chi connectivity index (χ0n) is 14.7. The van der Waals surface area contributed by atoms with Crippen LogP contribution >= 0.6 is 11.3 Å². The summed E-state index contributed by atoms with van der Waals surface area (Å²) < 4.78 is 1.85. The van der Waals surface area contributed by atoms with Crippen molar-refractivity contribution in [1.82, 2.24) is 29.5 Å². The fraction of sp³-hybridized carbons (Fsp3) is 0.529. The minimum atomic E-state index is 0.686. The number of hydrogen-bond donors (Lipinski definition) is 0. The summed E-state index contributed by atoms with van der Waals surface area (Å²) in [5, 5.41) is 7.77. The summed E-state index contributed by atoms with van der Waals surface area (Å²) in [6.07, 6.45) is 3.50. The van der Waals surface area contributed by atoms with E-state index in [1.807, 2.05) is 4.52 Å². The Morgan fingerprint density at radius 2 is 1.88 bits per heavy atom. The molecule has 0 unspecified atom stereocenters. The van der Waals surface area contributed by atoms with Gasteiger partial charge >= 0.3 is 0 Å². The monoisotopic (exact) mass is 357 g/mol. The highest BCUT2D eigenvalue weighted by Crippen LogP contribution is 2.20. The summed E-state index contributed by atoms with van der Waals surface area (Å²) in [7, 11) is 0. The van der Waals surface area contributed by atoms with Gasteiger partial charge in [0, 0.05) is 49.9 Å². The quantitative estimate of drug-likeness (QED) is 0.696. The topological polar surface area (TPSA) is 62.5 Å². The van der Waals surface area contributed by atoms with E-state index in [1.165, 1.54) is 10.7 Å². The van der Waals surface area contributed by atoms with E-state index in [9.17, 15) is 0 Å². The largest absolute Gasteiger partial charge is 0.354 e. The van der Waals surface area contributed by atoms with Crippen molar-refractivity contribution in [2.24, 2.45) is 0 Å². The molecule has 4 rings (SSSR count). The van der Waals surface area contributed by atoms with Crippen LogP contribution in [0.25, 0.3) is 5.78 Å². The molecule has 0 aromatic carbocycles. The van der Waals surface area contributed by atoms with Gasteiger partial charge in [0.2, 0.25) is 0 Å². The second-order valence-electron chi connectivity index (χ2n) is 6.28. The predicted octanol–water partition coefficient (Wildman–Crippen LogP) is 2.03. The Labute approximate surface area is 151 Å². The highest BCUT2D eigenvalue weighted by Gasteiger charge is 2.21. The maximum Gasteiger partial charge on any atom is 0.254 e. The molecule has 0 amide bonds. The number of rotatable bonds is 5. The van der Waals surface area contributed by atoms with Crippen LogP contribution in [0.1, 0.15) is 30.2 Å². The Morgan fingerprint density at radius 3 is 2.60 bits per heavy atom. The van der Waals surface area contributed by atoms with Gasteiger partial charge in [0.15, 0.2) is 0 Å². The highest BCUT2D eigenvalue weighted by atomic mass is 32.1. The van der Waals surface area contributed by atoms with Crippen LogP contribution in [0.2, 0.25) is 0 Å². The molecule has 0 aliphatic carbocycles. The number of aromatic nitrogens is 5. The third kappa shape index (κ3) is 3.36. The van der Waals surface area contributed by atoms with Crippen LogP contribution in [0.3, 0.4) is 0 Å². The first-order chi connectivity index (χ1) is 12.3. The highest BCUT2D eigenvalue weighted by molar-refractivity contribution is 7.09. The molecule has 1 saturated heterocycles. The number of thiazole rings is 1. The summed E-state index contributed by atoms with van der Waals surface area (Å²) >= 11 is 1.77. The molecule has 132 valence electrons. The number of aryl methyl sites for hydroxylation is 2. The smallest absolute Gasteiger partial charge is 0.254 e. The van der Waals surface area contributed by atoms with E-state index in [2.05, 4.69) is 55.1 Å². The summed E-state index contributed by atoms with van der Waals surface area (Å²) in [6.45, 7) is 9.23. The Bertz CT molecular complexity index is 848. The minimum Gasteiger partial charge on any atom is -0.354 e. The normalized spacial score (nSPS) is 16.0. The summed E-state index contributed by atoms with van der Waals surface area (Å²) in [5.41, 5.74) is 2.26. The molecule has 7 nitrogen and oxygen atoms in total. The van der Waals surface area contributed by atoms with E-state index >= 15 is 0 Å². The van der Waals surface area contributed by atoms with Crippen molar-refractivity contribution in [1.29, 1.82) is 0 Å². The van der Waals surface area contributed by atoms with Crippen molar-refractivity contribution in [2.75, 3.05) is 31.1 Å². The number of anilines is 1. The maximum absolute atomic E-state index is 4.69. The van der Waals surface area contributed by atoms with Crippen LogP contribution in [-0.4, -0.2) is 55.6 Å². The van der Waals surface area contributed by atoms with Crippen LogP contribution in [0, 0.1) is 0 Å². The van der Waals surface area contributed by atoms with Crippen LogP contribution in [0.5, 0.6) is 0 Å². The van der Waals surface area contributed by atoms with Crippen molar-refractivity contribution in [2.45, 2.75) is 33.2 Å². The van der Waals surface area contributed by atoms with E-state index in [-0.39, 0.29) is 0 Å². The second kappa shape index (κ2) is 7.05. The number of nitrogens with zero attached hydrogens (tertiary/aromatic N) is 7. The molecule has 0 N–H and O–H groups in total. The van der Waals surface area contributed by atoms with Gasteiger partial charge in [0.05, 0.1) is 10.7 Å². The van der Waals surface area contributed by atoms with Gasteiger partial charge in [-0.1, -0.05) is 13.8 Å². The van der Waals surface area contributed by atoms with Crippen LogP contribution < -0.4 is 4.90 Å². The molecule has 0 radical (unpaired) electrons. The SMILES string of the molecule is CCc1cc(N2CCN(Cc3csc(CC)n3)CC2)n2ncnc2n1. The van der Waals surface area contributed by atoms with E-state index in [1.54, 1.807) is 17.7 Å². The standard InChI is InChI=1S/C17H23N7S/c1-3-13-9-16(24-17(21-13)18-12-19-24)23-7-5-22(6-8-23)10-14-11-25-15(4-2)20-14/h9,11-12H,3-8,10H2,1-2H3. The number of piperazine rings is 1. The average molecular weight is 357 g/mol. The first kappa shape index (κ1) is 16.4. The van der Waals surface area contributed by atoms with Crippen molar-refractivity contribution >= 4 is 22.9 Å². The van der Waals surface area contributed by atoms with Crippen molar-refractivity contribution in [3.63, 3.8) is 0 Å². The van der Waals surface area contributed by atoms with Crippen LogP contribution in [0.15, 0.2) is 17.8 Å². The van der Waals surface area contributed by atoms with Gasteiger partial charge in [-0.2, -0.15) is 14.6 Å². The van der Waals surface area contributed by atoms with Gasteiger partial charge in [-0.15, -0.1) is 11.3 Å².